The van der Waals surface area contributed by atoms with Crippen LogP contribution >= 0.6 is 0 Å². The Hall–Kier alpha value is -0.410. The van der Waals surface area contributed by atoms with E-state index in [1.54, 1.807) is 0 Å². The predicted molar refractivity (Wildman–Crippen MR) is 88.7 cm³/mol. The third-order valence-electron chi connectivity index (χ3n) is 8.98. The fourth-order valence-electron chi connectivity index (χ4n) is 7.39. The van der Waals surface area contributed by atoms with Gasteiger partial charge in [0.15, 0.2) is 0 Å². The van der Waals surface area contributed by atoms with E-state index < -0.39 is 5.60 Å². The number of Topliss-reactive ketones (excluding diaryl/α,β-unsaturated/α-hetero) is 1. The van der Waals surface area contributed by atoms with Crippen molar-refractivity contribution in [2.24, 2.45) is 34.5 Å². The molecule has 0 radical (unpaired) electrons. The summed E-state index contributed by atoms with van der Waals surface area (Å²) in [6.07, 6.45) is 6.99. The van der Waals surface area contributed by atoms with Crippen LogP contribution in [0, 0.1) is 34.5 Å². The largest absolute Gasteiger partial charge is 0.393 e. The monoisotopic (exact) mass is 320 g/mol. The zero-order valence-corrected chi connectivity index (χ0v) is 14.8. The van der Waals surface area contributed by atoms with Crippen molar-refractivity contribution in [1.29, 1.82) is 0 Å². The van der Waals surface area contributed by atoms with Gasteiger partial charge in [-0.2, -0.15) is 0 Å². The normalized spacial score (nSPS) is 59.2. The maximum atomic E-state index is 11.9. The molecule has 3 heteroatoms. The van der Waals surface area contributed by atoms with Gasteiger partial charge in [0.2, 0.25) is 0 Å². The zero-order chi connectivity index (χ0) is 16.6. The van der Waals surface area contributed by atoms with Crippen LogP contribution in [0.2, 0.25) is 0 Å². The van der Waals surface area contributed by atoms with Crippen LogP contribution in [-0.2, 0) is 4.79 Å². The van der Waals surface area contributed by atoms with Crippen molar-refractivity contribution in [1.82, 2.24) is 0 Å². The molecule has 8 atom stereocenters. The van der Waals surface area contributed by atoms with E-state index in [9.17, 15) is 15.0 Å². The maximum Gasteiger partial charge on any atom is 0.133 e. The molecule has 4 rings (SSSR count). The quantitative estimate of drug-likeness (QED) is 0.720. The number of hydrogen-bond donors (Lipinski definition) is 2. The second-order valence-electron chi connectivity index (χ2n) is 9.82. The summed E-state index contributed by atoms with van der Waals surface area (Å²) in [6.45, 7) is 6.54. The van der Waals surface area contributed by atoms with Crippen molar-refractivity contribution in [2.75, 3.05) is 0 Å². The van der Waals surface area contributed by atoms with Gasteiger partial charge in [0, 0.05) is 18.3 Å². The van der Waals surface area contributed by atoms with Crippen LogP contribution in [0.4, 0.5) is 0 Å². The van der Waals surface area contributed by atoms with Gasteiger partial charge in [-0.15, -0.1) is 0 Å². The lowest BCUT2D eigenvalue weighted by Gasteiger charge is -2.62. The molecule has 130 valence electrons. The number of ketones is 1. The molecule has 0 heterocycles. The van der Waals surface area contributed by atoms with Crippen molar-refractivity contribution < 1.29 is 15.0 Å². The highest BCUT2D eigenvalue weighted by Gasteiger charge is 2.65. The fourth-order valence-corrected chi connectivity index (χ4v) is 7.39. The summed E-state index contributed by atoms with van der Waals surface area (Å²) >= 11 is 0. The molecule has 0 amide bonds. The van der Waals surface area contributed by atoms with Crippen molar-refractivity contribution in [2.45, 2.75) is 83.8 Å². The third kappa shape index (κ3) is 1.99. The van der Waals surface area contributed by atoms with Gasteiger partial charge in [0.05, 0.1) is 11.7 Å². The number of aliphatic hydroxyl groups excluding tert-OH is 1. The van der Waals surface area contributed by atoms with Crippen LogP contribution in [-0.4, -0.2) is 27.7 Å². The number of carbonyl (C=O) groups is 1. The average Bonchev–Trinajstić information content (AvgIpc) is 2.69. The van der Waals surface area contributed by atoms with E-state index in [-0.39, 0.29) is 16.9 Å². The Labute approximate surface area is 139 Å². The van der Waals surface area contributed by atoms with E-state index >= 15 is 0 Å². The second kappa shape index (κ2) is 4.82. The summed E-state index contributed by atoms with van der Waals surface area (Å²) in [5, 5.41) is 22.1. The molecule has 0 bridgehead atoms. The Morgan fingerprint density at radius 2 is 1.83 bits per heavy atom. The maximum absolute atomic E-state index is 11.9. The SMILES string of the molecule is C[C@]12CCC(=O)C[C@@H]1CC[C@@H]1[C@@H]2[C@H](O)C[C@@]2(C)[C@H]1CC[C@@]2(C)O. The van der Waals surface area contributed by atoms with E-state index in [4.69, 9.17) is 0 Å². The fraction of sp³-hybridized carbons (Fsp3) is 0.950. The first-order valence-electron chi connectivity index (χ1n) is 9.61. The van der Waals surface area contributed by atoms with Crippen molar-refractivity contribution >= 4 is 5.78 Å². The second-order valence-corrected chi connectivity index (χ2v) is 9.82. The molecule has 0 aliphatic heterocycles. The molecule has 0 aromatic rings. The summed E-state index contributed by atoms with van der Waals surface area (Å²) in [5.41, 5.74) is -0.683. The highest BCUT2D eigenvalue weighted by atomic mass is 16.3. The van der Waals surface area contributed by atoms with Crippen molar-refractivity contribution in [3.8, 4) is 0 Å². The van der Waals surface area contributed by atoms with Crippen LogP contribution in [0.15, 0.2) is 0 Å². The van der Waals surface area contributed by atoms with Gasteiger partial charge in [-0.3, -0.25) is 4.79 Å². The number of rotatable bonds is 0. The lowest BCUT2D eigenvalue weighted by molar-refractivity contribution is -0.192. The van der Waals surface area contributed by atoms with Crippen LogP contribution in [0.3, 0.4) is 0 Å². The van der Waals surface area contributed by atoms with Crippen molar-refractivity contribution in [3.63, 3.8) is 0 Å². The number of aliphatic hydroxyl groups is 2. The van der Waals surface area contributed by atoms with Gasteiger partial charge in [-0.1, -0.05) is 13.8 Å². The molecule has 4 aliphatic rings. The molecule has 0 saturated heterocycles. The number of carbonyl (C=O) groups excluding carboxylic acids is 1. The first-order valence-corrected chi connectivity index (χ1v) is 9.61. The van der Waals surface area contributed by atoms with E-state index in [1.165, 1.54) is 0 Å². The molecule has 4 saturated carbocycles. The van der Waals surface area contributed by atoms with Crippen LogP contribution in [0.1, 0.15) is 72.1 Å². The molecule has 0 unspecified atom stereocenters. The first-order chi connectivity index (χ1) is 10.7. The highest BCUT2D eigenvalue weighted by molar-refractivity contribution is 5.79. The molecular formula is C20H32O3. The molecule has 0 aromatic heterocycles. The van der Waals surface area contributed by atoms with Gasteiger partial charge < -0.3 is 10.2 Å². The lowest BCUT2D eigenvalue weighted by atomic mass is 9.44. The standard InChI is InChI=1S/C20H32O3/c1-18-8-6-13(21)10-12(18)4-5-14-15-7-9-20(3,23)19(15,2)11-16(22)17(14)18/h12,14-17,22-23H,4-11H2,1-3H3/t12-,14-,15-,16+,17+,18-,19-,20+/m0/s1. The minimum absolute atomic E-state index is 0.117. The minimum Gasteiger partial charge on any atom is -0.393 e. The summed E-state index contributed by atoms with van der Waals surface area (Å²) in [7, 11) is 0. The van der Waals surface area contributed by atoms with Gasteiger partial charge in [-0.25, -0.2) is 0 Å². The van der Waals surface area contributed by atoms with E-state index in [0.717, 1.165) is 44.9 Å². The predicted octanol–water partition coefficient (Wildman–Crippen LogP) is 3.32. The highest BCUT2D eigenvalue weighted by Crippen LogP contribution is 2.67. The molecule has 0 aromatic carbocycles. The molecule has 23 heavy (non-hydrogen) atoms. The molecule has 4 aliphatic carbocycles. The molecule has 3 nitrogen and oxygen atoms in total. The molecule has 0 spiro atoms. The third-order valence-corrected chi connectivity index (χ3v) is 8.98. The Kier molecular flexibility index (Phi) is 3.37. The van der Waals surface area contributed by atoms with E-state index in [0.29, 0.717) is 35.9 Å². The zero-order valence-electron chi connectivity index (χ0n) is 14.8. The Morgan fingerprint density at radius 3 is 2.57 bits per heavy atom. The average molecular weight is 320 g/mol. The molecular weight excluding hydrogens is 288 g/mol. The van der Waals surface area contributed by atoms with Crippen LogP contribution in [0.25, 0.3) is 0 Å². The minimum atomic E-state index is -0.649. The Morgan fingerprint density at radius 1 is 1.09 bits per heavy atom. The number of fused-ring (bicyclic) bond motifs is 5. The summed E-state index contributed by atoms with van der Waals surface area (Å²) in [4.78, 5) is 11.9. The topological polar surface area (TPSA) is 57.5 Å². The summed E-state index contributed by atoms with van der Waals surface area (Å²) in [6, 6.07) is 0. The number of hydrogen-bond acceptors (Lipinski definition) is 3. The Balaban J connectivity index is 1.70. The molecule has 2 N–H and O–H groups in total. The van der Waals surface area contributed by atoms with Gasteiger partial charge >= 0.3 is 0 Å². The first kappa shape index (κ1) is 16.1. The van der Waals surface area contributed by atoms with E-state index in [1.807, 2.05) is 6.92 Å². The smallest absolute Gasteiger partial charge is 0.133 e. The van der Waals surface area contributed by atoms with Crippen molar-refractivity contribution in [3.05, 3.63) is 0 Å². The lowest BCUT2D eigenvalue weighted by Crippen LogP contribution is -2.60. The van der Waals surface area contributed by atoms with Crippen LogP contribution in [0.5, 0.6) is 0 Å². The summed E-state index contributed by atoms with van der Waals surface area (Å²) < 4.78 is 0. The molecule has 4 fully saturated rings. The van der Waals surface area contributed by atoms with Gasteiger partial charge in [-0.05, 0) is 74.5 Å². The van der Waals surface area contributed by atoms with Gasteiger partial charge in [0.1, 0.15) is 5.78 Å². The summed E-state index contributed by atoms with van der Waals surface area (Å²) in [5.74, 6) is 2.26. The van der Waals surface area contributed by atoms with E-state index in [2.05, 4.69) is 13.8 Å². The Bertz CT molecular complexity index is 527. The van der Waals surface area contributed by atoms with Crippen LogP contribution < -0.4 is 0 Å². The van der Waals surface area contributed by atoms with Gasteiger partial charge in [0.25, 0.3) is 0 Å².